The van der Waals surface area contributed by atoms with E-state index in [0.29, 0.717) is 11.5 Å². The molecule has 0 amide bonds. The van der Waals surface area contributed by atoms with Crippen LogP contribution in [-0.2, 0) is 21.2 Å². The summed E-state index contributed by atoms with van der Waals surface area (Å²) in [6.45, 7) is 1.54. The van der Waals surface area contributed by atoms with Crippen LogP contribution in [0.25, 0.3) is 0 Å². The van der Waals surface area contributed by atoms with Gasteiger partial charge in [0.2, 0.25) is 10.0 Å². The lowest BCUT2D eigenvalue weighted by molar-refractivity contribution is 0.204. The lowest BCUT2D eigenvalue weighted by atomic mass is 10.0. The van der Waals surface area contributed by atoms with Gasteiger partial charge in [-0.3, -0.25) is 0 Å². The van der Waals surface area contributed by atoms with Crippen LogP contribution in [0.5, 0.6) is 0 Å². The number of rotatable bonds is 5. The first kappa shape index (κ1) is 13.3. The summed E-state index contributed by atoms with van der Waals surface area (Å²) in [5.74, 6) is 0. The maximum atomic E-state index is 12.0. The Balaban J connectivity index is 2.17. The summed E-state index contributed by atoms with van der Waals surface area (Å²) in [7, 11) is -1.90. The second kappa shape index (κ2) is 5.69. The van der Waals surface area contributed by atoms with Crippen LogP contribution in [0.3, 0.4) is 0 Å². The Morgan fingerprint density at radius 3 is 3.06 bits per heavy atom. The van der Waals surface area contributed by atoms with Crippen LogP contribution in [-0.4, -0.2) is 35.2 Å². The Kier molecular flexibility index (Phi) is 4.21. The highest BCUT2D eigenvalue weighted by Gasteiger charge is 2.16. The number of methoxy groups -OCH3 is 1. The summed E-state index contributed by atoms with van der Waals surface area (Å²) in [4.78, 5) is 0.298. The molecule has 1 aliphatic rings. The molecule has 1 heterocycles. The van der Waals surface area contributed by atoms with Gasteiger partial charge in [-0.2, -0.15) is 0 Å². The summed E-state index contributed by atoms with van der Waals surface area (Å²) in [6, 6.07) is 5.23. The average Bonchev–Trinajstić information content (AvgIpc) is 2.38. The van der Waals surface area contributed by atoms with Crippen LogP contribution in [0.15, 0.2) is 23.1 Å². The summed E-state index contributed by atoms with van der Waals surface area (Å²) >= 11 is 0. The molecule has 0 aromatic heterocycles. The number of sulfonamides is 1. The van der Waals surface area contributed by atoms with Gasteiger partial charge in [0, 0.05) is 25.9 Å². The average molecular weight is 270 g/mol. The van der Waals surface area contributed by atoms with Crippen molar-refractivity contribution in [3.8, 4) is 0 Å². The second-order valence-corrected chi connectivity index (χ2v) is 6.01. The van der Waals surface area contributed by atoms with Crippen LogP contribution in [0.2, 0.25) is 0 Å². The van der Waals surface area contributed by atoms with Gasteiger partial charge in [-0.05, 0) is 30.5 Å². The lowest BCUT2D eigenvalue weighted by Gasteiger charge is -2.18. The molecule has 0 bridgehead atoms. The van der Waals surface area contributed by atoms with E-state index in [1.54, 1.807) is 12.1 Å². The number of benzene rings is 1. The predicted octanol–water partition coefficient (Wildman–Crippen LogP) is 0.969. The number of hydrogen-bond donors (Lipinski definition) is 2. The first-order valence-corrected chi connectivity index (χ1v) is 7.47. The molecule has 0 atom stereocenters. The zero-order valence-corrected chi connectivity index (χ0v) is 11.2. The fourth-order valence-electron chi connectivity index (χ4n) is 1.97. The number of nitrogens with one attached hydrogen (secondary N) is 2. The van der Waals surface area contributed by atoms with Gasteiger partial charge in [-0.15, -0.1) is 0 Å². The highest BCUT2D eigenvalue weighted by molar-refractivity contribution is 7.89. The van der Waals surface area contributed by atoms with Crippen molar-refractivity contribution in [2.45, 2.75) is 17.7 Å². The Hall–Kier alpha value is -1.11. The predicted molar refractivity (Wildman–Crippen MR) is 70.3 cm³/mol. The molecule has 0 spiro atoms. The van der Waals surface area contributed by atoms with Gasteiger partial charge in [0.15, 0.2) is 0 Å². The van der Waals surface area contributed by atoms with Crippen molar-refractivity contribution >= 4 is 15.7 Å². The molecule has 100 valence electrons. The Morgan fingerprint density at radius 1 is 1.44 bits per heavy atom. The van der Waals surface area contributed by atoms with Crippen LogP contribution in [0.1, 0.15) is 12.0 Å². The highest BCUT2D eigenvalue weighted by atomic mass is 32.2. The van der Waals surface area contributed by atoms with Gasteiger partial charge in [0.05, 0.1) is 11.5 Å². The lowest BCUT2D eigenvalue weighted by Crippen LogP contribution is -2.27. The van der Waals surface area contributed by atoms with E-state index < -0.39 is 10.0 Å². The van der Waals surface area contributed by atoms with E-state index in [4.69, 9.17) is 4.74 Å². The summed E-state index contributed by atoms with van der Waals surface area (Å²) in [5.41, 5.74) is 2.10. The zero-order chi connectivity index (χ0) is 13.0. The second-order valence-electron chi connectivity index (χ2n) is 4.24. The van der Waals surface area contributed by atoms with Crippen molar-refractivity contribution in [2.75, 3.05) is 32.1 Å². The fraction of sp³-hybridized carbons (Fsp3) is 0.500. The molecule has 0 saturated heterocycles. The quantitative estimate of drug-likeness (QED) is 0.782. The smallest absolute Gasteiger partial charge is 0.240 e. The van der Waals surface area contributed by atoms with Gasteiger partial charge < -0.3 is 10.1 Å². The molecule has 0 unspecified atom stereocenters. The van der Waals surface area contributed by atoms with Gasteiger partial charge in [-0.1, -0.05) is 6.07 Å². The minimum atomic E-state index is -3.44. The molecule has 2 N–H and O–H groups in total. The molecule has 5 nitrogen and oxygen atoms in total. The molecule has 18 heavy (non-hydrogen) atoms. The molecule has 1 aromatic carbocycles. The topological polar surface area (TPSA) is 67.4 Å². The maximum Gasteiger partial charge on any atom is 0.240 e. The molecule has 2 rings (SSSR count). The van der Waals surface area contributed by atoms with Crippen molar-refractivity contribution < 1.29 is 13.2 Å². The SMILES string of the molecule is COCCNS(=O)(=O)c1ccc2c(c1)NCCC2. The molecule has 0 saturated carbocycles. The number of aryl methyl sites for hydroxylation is 1. The van der Waals surface area contributed by atoms with E-state index >= 15 is 0 Å². The molecule has 6 heteroatoms. The normalized spacial score (nSPS) is 14.9. The third-order valence-corrected chi connectivity index (χ3v) is 4.39. The zero-order valence-electron chi connectivity index (χ0n) is 10.4. The van der Waals surface area contributed by atoms with Crippen molar-refractivity contribution in [3.05, 3.63) is 23.8 Å². The fourth-order valence-corrected chi connectivity index (χ4v) is 3.01. The van der Waals surface area contributed by atoms with Crippen molar-refractivity contribution in [2.24, 2.45) is 0 Å². The molecular weight excluding hydrogens is 252 g/mol. The minimum absolute atomic E-state index is 0.281. The summed E-state index contributed by atoms with van der Waals surface area (Å²) in [5, 5.41) is 3.23. The van der Waals surface area contributed by atoms with Crippen LogP contribution >= 0.6 is 0 Å². The van der Waals surface area contributed by atoms with Gasteiger partial charge in [0.1, 0.15) is 0 Å². The largest absolute Gasteiger partial charge is 0.385 e. The molecule has 1 aliphatic heterocycles. The van der Waals surface area contributed by atoms with E-state index in [0.717, 1.165) is 25.1 Å². The number of anilines is 1. The van der Waals surface area contributed by atoms with Gasteiger partial charge in [-0.25, -0.2) is 13.1 Å². The molecule has 0 aliphatic carbocycles. The number of hydrogen-bond acceptors (Lipinski definition) is 4. The number of ether oxygens (including phenoxy) is 1. The molecule has 0 fully saturated rings. The first-order chi connectivity index (χ1) is 8.63. The van der Waals surface area contributed by atoms with Crippen LogP contribution in [0, 0.1) is 0 Å². The van der Waals surface area contributed by atoms with E-state index in [1.165, 1.54) is 12.7 Å². The van der Waals surface area contributed by atoms with Crippen LogP contribution in [0.4, 0.5) is 5.69 Å². The number of fused-ring (bicyclic) bond motifs is 1. The standard InChI is InChI=1S/C12H18N2O3S/c1-17-8-7-14-18(15,16)11-5-4-10-3-2-6-13-12(10)9-11/h4-5,9,13-14H,2-3,6-8H2,1H3. The third-order valence-electron chi connectivity index (χ3n) is 2.93. The maximum absolute atomic E-state index is 12.0. The van der Waals surface area contributed by atoms with E-state index in [1.807, 2.05) is 6.07 Å². The third kappa shape index (κ3) is 3.01. The van der Waals surface area contributed by atoms with E-state index in [-0.39, 0.29) is 6.54 Å². The first-order valence-electron chi connectivity index (χ1n) is 5.99. The molecule has 0 radical (unpaired) electrons. The van der Waals surface area contributed by atoms with Crippen LogP contribution < -0.4 is 10.0 Å². The van der Waals surface area contributed by atoms with E-state index in [9.17, 15) is 8.42 Å². The van der Waals surface area contributed by atoms with Gasteiger partial charge in [0.25, 0.3) is 0 Å². The Labute approximate surface area is 108 Å². The minimum Gasteiger partial charge on any atom is -0.385 e. The van der Waals surface area contributed by atoms with Crippen molar-refractivity contribution in [1.29, 1.82) is 0 Å². The summed E-state index contributed by atoms with van der Waals surface area (Å²) < 4.78 is 31.3. The Morgan fingerprint density at radius 2 is 2.28 bits per heavy atom. The monoisotopic (exact) mass is 270 g/mol. The molecule has 1 aromatic rings. The Bertz CT molecular complexity index is 514. The molecular formula is C12H18N2O3S. The summed E-state index contributed by atoms with van der Waals surface area (Å²) in [6.07, 6.45) is 2.09. The van der Waals surface area contributed by atoms with Gasteiger partial charge >= 0.3 is 0 Å². The highest BCUT2D eigenvalue weighted by Crippen LogP contribution is 2.24. The van der Waals surface area contributed by atoms with E-state index in [2.05, 4.69) is 10.0 Å². The van der Waals surface area contributed by atoms with Crippen molar-refractivity contribution in [3.63, 3.8) is 0 Å². The van der Waals surface area contributed by atoms with Crippen molar-refractivity contribution in [1.82, 2.24) is 4.72 Å².